The number of nitrogens with one attached hydrogen (secondary N) is 1. The molecule has 0 saturated carbocycles. The maximum atomic E-state index is 12.2. The zero-order valence-electron chi connectivity index (χ0n) is 15.1. The summed E-state index contributed by atoms with van der Waals surface area (Å²) in [7, 11) is 0. The number of carbonyl (C=O) groups is 1. The van der Waals surface area contributed by atoms with Crippen LogP contribution >= 0.6 is 11.8 Å². The van der Waals surface area contributed by atoms with Gasteiger partial charge in [-0.05, 0) is 48.5 Å². The maximum Gasteiger partial charge on any atom is 0.269 e. The molecule has 0 aliphatic rings. The Morgan fingerprint density at radius 1 is 1.03 bits per heavy atom. The number of benzene rings is 3. The lowest BCUT2D eigenvalue weighted by Gasteiger charge is -2.06. The van der Waals surface area contributed by atoms with Crippen molar-refractivity contribution in [3.05, 3.63) is 82.9 Å². The monoisotopic (exact) mass is 405 g/mol. The predicted octanol–water partition coefficient (Wildman–Crippen LogP) is 5.13. The van der Waals surface area contributed by atoms with Gasteiger partial charge in [-0.3, -0.25) is 14.9 Å². The number of fused-ring (bicyclic) bond motifs is 1. The number of anilines is 1. The van der Waals surface area contributed by atoms with E-state index in [-0.39, 0.29) is 17.3 Å². The van der Waals surface area contributed by atoms with E-state index < -0.39 is 4.92 Å². The van der Waals surface area contributed by atoms with Crippen molar-refractivity contribution in [1.82, 2.24) is 4.98 Å². The van der Waals surface area contributed by atoms with Crippen molar-refractivity contribution >= 4 is 40.1 Å². The molecule has 0 spiro atoms. The molecule has 0 fully saturated rings. The van der Waals surface area contributed by atoms with E-state index in [4.69, 9.17) is 4.42 Å². The summed E-state index contributed by atoms with van der Waals surface area (Å²) < 4.78 is 5.74. The maximum absolute atomic E-state index is 12.2. The summed E-state index contributed by atoms with van der Waals surface area (Å²) in [4.78, 5) is 27.6. The topological polar surface area (TPSA) is 98.3 Å². The van der Waals surface area contributed by atoms with E-state index in [1.807, 2.05) is 36.4 Å². The standard InChI is InChI=1S/C21H15N3O4S/c25-20(13-29-17-11-9-16(10-12-17)24(26)27)22-15-7-5-14(6-8-15)21-23-18-3-1-2-4-19(18)28-21/h1-12H,13H2,(H,22,25). The third-order valence-electron chi connectivity index (χ3n) is 4.13. The summed E-state index contributed by atoms with van der Waals surface area (Å²) in [6, 6.07) is 20.9. The lowest BCUT2D eigenvalue weighted by Crippen LogP contribution is -2.13. The van der Waals surface area contributed by atoms with Crippen molar-refractivity contribution in [3.63, 3.8) is 0 Å². The third kappa shape index (κ3) is 4.44. The van der Waals surface area contributed by atoms with Gasteiger partial charge in [0.1, 0.15) is 5.52 Å². The highest BCUT2D eigenvalue weighted by molar-refractivity contribution is 8.00. The number of nitro groups is 1. The SMILES string of the molecule is O=C(CSc1ccc([N+](=O)[O-])cc1)Nc1ccc(-c2nc3ccccc3o2)cc1. The van der Waals surface area contributed by atoms with E-state index in [1.54, 1.807) is 24.3 Å². The van der Waals surface area contributed by atoms with Crippen LogP contribution < -0.4 is 5.32 Å². The summed E-state index contributed by atoms with van der Waals surface area (Å²) in [6.07, 6.45) is 0. The van der Waals surface area contributed by atoms with Gasteiger partial charge in [0, 0.05) is 28.3 Å². The summed E-state index contributed by atoms with van der Waals surface area (Å²) in [6.45, 7) is 0. The van der Waals surface area contributed by atoms with Crippen LogP contribution in [0.5, 0.6) is 0 Å². The Bertz CT molecular complexity index is 1140. The van der Waals surface area contributed by atoms with Gasteiger partial charge < -0.3 is 9.73 Å². The van der Waals surface area contributed by atoms with Crippen LogP contribution in [0.1, 0.15) is 0 Å². The second-order valence-electron chi connectivity index (χ2n) is 6.15. The summed E-state index contributed by atoms with van der Waals surface area (Å²) in [5, 5.41) is 13.5. The highest BCUT2D eigenvalue weighted by Gasteiger charge is 2.09. The lowest BCUT2D eigenvalue weighted by atomic mass is 10.2. The highest BCUT2D eigenvalue weighted by Crippen LogP contribution is 2.25. The number of nitro benzene ring substituents is 1. The predicted molar refractivity (Wildman–Crippen MR) is 112 cm³/mol. The quantitative estimate of drug-likeness (QED) is 0.271. The van der Waals surface area contributed by atoms with E-state index in [0.717, 1.165) is 21.6 Å². The summed E-state index contributed by atoms with van der Waals surface area (Å²) in [5.74, 6) is 0.561. The Kier molecular flexibility index (Phi) is 5.26. The van der Waals surface area contributed by atoms with Crippen molar-refractivity contribution in [2.24, 2.45) is 0 Å². The van der Waals surface area contributed by atoms with Gasteiger partial charge in [0.15, 0.2) is 5.58 Å². The number of amides is 1. The van der Waals surface area contributed by atoms with Crippen LogP contribution in [-0.4, -0.2) is 21.6 Å². The number of non-ortho nitro benzene ring substituents is 1. The number of hydrogen-bond donors (Lipinski definition) is 1. The van der Waals surface area contributed by atoms with Gasteiger partial charge in [-0.2, -0.15) is 0 Å². The number of nitrogens with zero attached hydrogens (tertiary/aromatic N) is 2. The van der Waals surface area contributed by atoms with E-state index in [9.17, 15) is 14.9 Å². The fourth-order valence-electron chi connectivity index (χ4n) is 2.70. The second-order valence-corrected chi connectivity index (χ2v) is 7.20. The van der Waals surface area contributed by atoms with Gasteiger partial charge >= 0.3 is 0 Å². The molecule has 7 nitrogen and oxygen atoms in total. The minimum absolute atomic E-state index is 0.0258. The minimum atomic E-state index is -0.453. The Labute approximate surface area is 169 Å². The fraction of sp³-hybridized carbons (Fsp3) is 0.0476. The second kappa shape index (κ2) is 8.15. The average Bonchev–Trinajstić information content (AvgIpc) is 3.17. The molecule has 4 aromatic rings. The van der Waals surface area contributed by atoms with Gasteiger partial charge in [0.2, 0.25) is 11.8 Å². The minimum Gasteiger partial charge on any atom is -0.436 e. The molecule has 0 saturated heterocycles. The van der Waals surface area contributed by atoms with Gasteiger partial charge in [-0.25, -0.2) is 4.98 Å². The zero-order chi connectivity index (χ0) is 20.2. The van der Waals surface area contributed by atoms with E-state index in [1.165, 1.54) is 23.9 Å². The molecule has 4 rings (SSSR count). The Balaban J connectivity index is 1.35. The third-order valence-corrected chi connectivity index (χ3v) is 5.14. The molecule has 29 heavy (non-hydrogen) atoms. The Hall–Kier alpha value is -3.65. The first-order valence-electron chi connectivity index (χ1n) is 8.71. The largest absolute Gasteiger partial charge is 0.436 e. The number of carbonyl (C=O) groups excluding carboxylic acids is 1. The number of thioether (sulfide) groups is 1. The van der Waals surface area contributed by atoms with Gasteiger partial charge in [0.25, 0.3) is 5.69 Å². The van der Waals surface area contributed by atoms with Gasteiger partial charge in [-0.15, -0.1) is 11.8 Å². The van der Waals surface area contributed by atoms with Gasteiger partial charge in [0.05, 0.1) is 10.7 Å². The van der Waals surface area contributed by atoms with Crippen molar-refractivity contribution < 1.29 is 14.1 Å². The van der Waals surface area contributed by atoms with Crippen LogP contribution in [0, 0.1) is 10.1 Å². The smallest absolute Gasteiger partial charge is 0.269 e. The molecular weight excluding hydrogens is 390 g/mol. The molecule has 8 heteroatoms. The zero-order valence-corrected chi connectivity index (χ0v) is 15.9. The molecule has 0 aliphatic heterocycles. The number of oxazole rings is 1. The molecule has 0 aliphatic carbocycles. The Morgan fingerprint density at radius 2 is 1.76 bits per heavy atom. The molecule has 1 amide bonds. The molecule has 0 bridgehead atoms. The molecule has 1 N–H and O–H groups in total. The summed E-state index contributed by atoms with van der Waals surface area (Å²) in [5.41, 5.74) is 3.03. The lowest BCUT2D eigenvalue weighted by molar-refractivity contribution is -0.384. The number of para-hydroxylation sites is 2. The normalized spacial score (nSPS) is 10.8. The number of aromatic nitrogens is 1. The van der Waals surface area contributed by atoms with E-state index in [2.05, 4.69) is 10.3 Å². The van der Waals surface area contributed by atoms with Crippen molar-refractivity contribution in [3.8, 4) is 11.5 Å². The molecule has 0 radical (unpaired) electrons. The van der Waals surface area contributed by atoms with Crippen molar-refractivity contribution in [2.45, 2.75) is 4.90 Å². The molecule has 3 aromatic carbocycles. The summed E-state index contributed by atoms with van der Waals surface area (Å²) >= 11 is 1.31. The van der Waals surface area contributed by atoms with Crippen LogP contribution in [0.3, 0.4) is 0 Å². The first-order chi connectivity index (χ1) is 14.1. The van der Waals surface area contributed by atoms with E-state index in [0.29, 0.717) is 11.6 Å². The highest BCUT2D eigenvalue weighted by atomic mass is 32.2. The average molecular weight is 405 g/mol. The molecule has 1 heterocycles. The number of hydrogen-bond acceptors (Lipinski definition) is 6. The van der Waals surface area contributed by atoms with Crippen LogP contribution in [0.4, 0.5) is 11.4 Å². The van der Waals surface area contributed by atoms with Crippen molar-refractivity contribution in [2.75, 3.05) is 11.1 Å². The van der Waals surface area contributed by atoms with Crippen LogP contribution in [0.15, 0.2) is 82.1 Å². The molecule has 0 unspecified atom stereocenters. The molecule has 1 aromatic heterocycles. The molecule has 144 valence electrons. The fourth-order valence-corrected chi connectivity index (χ4v) is 3.40. The van der Waals surface area contributed by atoms with Crippen molar-refractivity contribution in [1.29, 1.82) is 0 Å². The van der Waals surface area contributed by atoms with Crippen LogP contribution in [-0.2, 0) is 4.79 Å². The molecule has 0 atom stereocenters. The molecular formula is C21H15N3O4S. The first-order valence-corrected chi connectivity index (χ1v) is 9.70. The van der Waals surface area contributed by atoms with Crippen LogP contribution in [0.25, 0.3) is 22.6 Å². The Morgan fingerprint density at radius 3 is 2.45 bits per heavy atom. The first kappa shape index (κ1) is 18.7. The van der Waals surface area contributed by atoms with Crippen LogP contribution in [0.2, 0.25) is 0 Å². The van der Waals surface area contributed by atoms with E-state index >= 15 is 0 Å². The number of rotatable bonds is 6. The van der Waals surface area contributed by atoms with Gasteiger partial charge in [-0.1, -0.05) is 12.1 Å².